The lowest BCUT2D eigenvalue weighted by molar-refractivity contribution is -0.136. The molecule has 0 radical (unpaired) electrons. The number of carboxylic acids is 1. The van der Waals surface area contributed by atoms with Gasteiger partial charge in [-0.3, -0.25) is 9.89 Å². The van der Waals surface area contributed by atoms with Gasteiger partial charge in [0, 0.05) is 0 Å². The van der Waals surface area contributed by atoms with E-state index in [9.17, 15) is 4.79 Å². The van der Waals surface area contributed by atoms with Crippen LogP contribution < -0.4 is 0 Å². The first-order valence-electron chi connectivity index (χ1n) is 3.92. The first kappa shape index (κ1) is 10.0. The lowest BCUT2D eigenvalue weighted by Gasteiger charge is -2.04. The third-order valence-electron chi connectivity index (χ3n) is 1.47. The molecule has 72 valence electrons. The minimum Gasteiger partial charge on any atom is -0.480 e. The quantitative estimate of drug-likeness (QED) is 0.712. The summed E-state index contributed by atoms with van der Waals surface area (Å²) >= 11 is 1.16. The number of rotatable bonds is 4. The summed E-state index contributed by atoms with van der Waals surface area (Å²) in [6.07, 6.45) is 0.563. The van der Waals surface area contributed by atoms with Gasteiger partial charge in [-0.25, -0.2) is 4.98 Å². The van der Waals surface area contributed by atoms with Gasteiger partial charge in [0.15, 0.2) is 0 Å². The first-order chi connectivity index (χ1) is 6.13. The second-order valence-corrected chi connectivity index (χ2v) is 3.73. The van der Waals surface area contributed by atoms with E-state index in [-0.39, 0.29) is 0 Å². The number of aliphatic carboxylic acids is 1. The number of aromatic nitrogens is 3. The number of aromatic amines is 1. The van der Waals surface area contributed by atoms with Crippen molar-refractivity contribution in [1.29, 1.82) is 0 Å². The zero-order valence-electron chi connectivity index (χ0n) is 7.44. The van der Waals surface area contributed by atoms with Crippen LogP contribution in [-0.4, -0.2) is 31.5 Å². The Hall–Kier alpha value is -1.04. The highest BCUT2D eigenvalue weighted by Crippen LogP contribution is 2.21. The standard InChI is InChI=1S/C7H11N3O2S/c1-3-5(6(11)12)13-7-8-4(2)9-10-7/h5H,3H2,1-2H3,(H,11,12)(H,8,9,10). The minimum atomic E-state index is -0.824. The molecule has 0 spiro atoms. The van der Waals surface area contributed by atoms with E-state index < -0.39 is 11.2 Å². The van der Waals surface area contributed by atoms with Gasteiger partial charge in [-0.1, -0.05) is 18.7 Å². The molecule has 13 heavy (non-hydrogen) atoms. The number of H-pyrrole nitrogens is 1. The molecule has 0 aliphatic heterocycles. The largest absolute Gasteiger partial charge is 0.480 e. The summed E-state index contributed by atoms with van der Waals surface area (Å²) in [5.74, 6) is -0.127. The average Bonchev–Trinajstić information content (AvgIpc) is 2.46. The zero-order valence-corrected chi connectivity index (χ0v) is 8.26. The lowest BCUT2D eigenvalue weighted by atomic mass is 10.3. The van der Waals surface area contributed by atoms with Crippen molar-refractivity contribution < 1.29 is 9.90 Å². The predicted molar refractivity (Wildman–Crippen MR) is 48.7 cm³/mol. The third kappa shape index (κ3) is 2.73. The van der Waals surface area contributed by atoms with Gasteiger partial charge >= 0.3 is 5.97 Å². The molecule has 1 heterocycles. The molecule has 0 bridgehead atoms. The van der Waals surface area contributed by atoms with Crippen molar-refractivity contribution in [3.8, 4) is 0 Å². The Labute approximate surface area is 80.0 Å². The molecule has 1 rings (SSSR count). The van der Waals surface area contributed by atoms with Crippen LogP contribution in [0.1, 0.15) is 19.2 Å². The van der Waals surface area contributed by atoms with E-state index in [4.69, 9.17) is 5.11 Å². The van der Waals surface area contributed by atoms with E-state index in [1.54, 1.807) is 6.92 Å². The Morgan fingerprint density at radius 3 is 2.85 bits per heavy atom. The number of hydrogen-bond donors (Lipinski definition) is 2. The first-order valence-corrected chi connectivity index (χ1v) is 4.80. The highest BCUT2D eigenvalue weighted by molar-refractivity contribution is 8.00. The van der Waals surface area contributed by atoms with Crippen molar-refractivity contribution in [1.82, 2.24) is 15.2 Å². The highest BCUT2D eigenvalue weighted by atomic mass is 32.2. The van der Waals surface area contributed by atoms with Crippen molar-refractivity contribution in [2.45, 2.75) is 30.7 Å². The molecule has 0 saturated heterocycles. The molecule has 6 heteroatoms. The van der Waals surface area contributed by atoms with Gasteiger partial charge in [0.05, 0.1) is 0 Å². The molecule has 0 aliphatic rings. The van der Waals surface area contributed by atoms with E-state index in [0.717, 1.165) is 11.8 Å². The van der Waals surface area contributed by atoms with Gasteiger partial charge in [0.1, 0.15) is 11.1 Å². The number of carbonyl (C=O) groups is 1. The van der Waals surface area contributed by atoms with Crippen LogP contribution in [0.3, 0.4) is 0 Å². The van der Waals surface area contributed by atoms with Gasteiger partial charge in [-0.2, -0.15) is 0 Å². The van der Waals surface area contributed by atoms with E-state index in [2.05, 4.69) is 15.2 Å². The Morgan fingerprint density at radius 1 is 1.77 bits per heavy atom. The third-order valence-corrected chi connectivity index (χ3v) is 2.68. The molecular formula is C7H11N3O2S. The summed E-state index contributed by atoms with van der Waals surface area (Å²) in [7, 11) is 0. The molecule has 0 fully saturated rings. The molecule has 1 aromatic heterocycles. The second-order valence-electron chi connectivity index (χ2n) is 2.56. The molecule has 2 N–H and O–H groups in total. The van der Waals surface area contributed by atoms with Crippen molar-refractivity contribution in [2.75, 3.05) is 0 Å². The van der Waals surface area contributed by atoms with Crippen molar-refractivity contribution in [3.63, 3.8) is 0 Å². The molecular weight excluding hydrogens is 190 g/mol. The number of hydrogen-bond acceptors (Lipinski definition) is 4. The molecule has 5 nitrogen and oxygen atoms in total. The Morgan fingerprint density at radius 2 is 2.46 bits per heavy atom. The van der Waals surface area contributed by atoms with Gasteiger partial charge in [-0.05, 0) is 13.3 Å². The fraction of sp³-hybridized carbons (Fsp3) is 0.571. The maximum absolute atomic E-state index is 10.7. The molecule has 0 aromatic carbocycles. The molecule has 0 aliphatic carbocycles. The highest BCUT2D eigenvalue weighted by Gasteiger charge is 2.18. The van der Waals surface area contributed by atoms with Crippen LogP contribution in [-0.2, 0) is 4.79 Å². The number of aryl methyl sites for hydroxylation is 1. The number of thioether (sulfide) groups is 1. The van der Waals surface area contributed by atoms with E-state index in [0.29, 0.717) is 17.4 Å². The SMILES string of the molecule is CCC(Sc1n[nH]c(C)n1)C(=O)O. The van der Waals surface area contributed by atoms with Gasteiger partial charge < -0.3 is 5.11 Å². The van der Waals surface area contributed by atoms with Crippen molar-refractivity contribution in [2.24, 2.45) is 0 Å². The van der Waals surface area contributed by atoms with Crippen LogP contribution in [0.15, 0.2) is 5.16 Å². The number of nitrogens with one attached hydrogen (secondary N) is 1. The van der Waals surface area contributed by atoms with Crippen LogP contribution >= 0.6 is 11.8 Å². The smallest absolute Gasteiger partial charge is 0.317 e. The second kappa shape index (κ2) is 4.27. The van der Waals surface area contributed by atoms with E-state index in [1.807, 2.05) is 6.92 Å². The van der Waals surface area contributed by atoms with Crippen molar-refractivity contribution in [3.05, 3.63) is 5.82 Å². The summed E-state index contributed by atoms with van der Waals surface area (Å²) < 4.78 is 0. The molecule has 0 amide bonds. The van der Waals surface area contributed by atoms with Gasteiger partial charge in [0.2, 0.25) is 5.16 Å². The predicted octanol–water partition coefficient (Wildman–Crippen LogP) is 1.07. The maximum atomic E-state index is 10.7. The topological polar surface area (TPSA) is 78.9 Å². The maximum Gasteiger partial charge on any atom is 0.317 e. The molecule has 1 atom stereocenters. The fourth-order valence-corrected chi connectivity index (χ4v) is 1.62. The lowest BCUT2D eigenvalue weighted by Crippen LogP contribution is -2.14. The van der Waals surface area contributed by atoms with E-state index in [1.165, 1.54) is 0 Å². The summed E-state index contributed by atoms with van der Waals surface area (Å²) in [5.41, 5.74) is 0. The van der Waals surface area contributed by atoms with Crippen LogP contribution in [0, 0.1) is 6.92 Å². The normalized spacial score (nSPS) is 12.8. The van der Waals surface area contributed by atoms with Crippen LogP contribution in [0.2, 0.25) is 0 Å². The summed E-state index contributed by atoms with van der Waals surface area (Å²) in [6, 6.07) is 0. The monoisotopic (exact) mass is 201 g/mol. The summed E-state index contributed by atoms with van der Waals surface area (Å²) in [6.45, 7) is 3.60. The van der Waals surface area contributed by atoms with Crippen LogP contribution in [0.4, 0.5) is 0 Å². The minimum absolute atomic E-state index is 0.463. The average molecular weight is 201 g/mol. The summed E-state index contributed by atoms with van der Waals surface area (Å²) in [4.78, 5) is 14.7. The number of nitrogens with zero attached hydrogens (tertiary/aromatic N) is 2. The van der Waals surface area contributed by atoms with Gasteiger partial charge in [-0.15, -0.1) is 5.10 Å². The Kier molecular flexibility index (Phi) is 3.30. The Bertz CT molecular complexity index is 300. The zero-order chi connectivity index (χ0) is 9.84. The molecule has 1 unspecified atom stereocenters. The van der Waals surface area contributed by atoms with Crippen LogP contribution in [0.5, 0.6) is 0 Å². The van der Waals surface area contributed by atoms with Crippen LogP contribution in [0.25, 0.3) is 0 Å². The molecule has 0 saturated carbocycles. The Balaban J connectivity index is 2.61. The fourth-order valence-electron chi connectivity index (χ4n) is 0.810. The summed E-state index contributed by atoms with van der Waals surface area (Å²) in [5, 5.41) is 15.3. The number of carboxylic acid groups (broad SMARTS) is 1. The van der Waals surface area contributed by atoms with E-state index >= 15 is 0 Å². The van der Waals surface area contributed by atoms with Gasteiger partial charge in [0.25, 0.3) is 0 Å². The molecule has 1 aromatic rings. The van der Waals surface area contributed by atoms with Crippen molar-refractivity contribution >= 4 is 17.7 Å².